The van der Waals surface area contributed by atoms with E-state index in [4.69, 9.17) is 11.6 Å². The van der Waals surface area contributed by atoms with E-state index < -0.39 is 11.3 Å². The van der Waals surface area contributed by atoms with Gasteiger partial charge < -0.3 is 5.32 Å². The van der Waals surface area contributed by atoms with Crippen molar-refractivity contribution in [3.05, 3.63) is 87.2 Å². The number of hydrogen-bond acceptors (Lipinski definition) is 4. The number of rotatable bonds is 4. The lowest BCUT2D eigenvalue weighted by molar-refractivity contribution is 0.101. The van der Waals surface area contributed by atoms with Gasteiger partial charge in [-0.1, -0.05) is 23.7 Å². The van der Waals surface area contributed by atoms with Crippen molar-refractivity contribution < 1.29 is 9.18 Å². The van der Waals surface area contributed by atoms with E-state index in [9.17, 15) is 14.0 Å². The van der Waals surface area contributed by atoms with Crippen molar-refractivity contribution >= 4 is 34.1 Å². The first kappa shape index (κ1) is 18.8. The molecule has 29 heavy (non-hydrogen) atoms. The van der Waals surface area contributed by atoms with E-state index in [1.165, 1.54) is 29.1 Å². The predicted molar refractivity (Wildman–Crippen MR) is 108 cm³/mol. The molecular formula is C20H15ClFN5O2. The highest BCUT2D eigenvalue weighted by atomic mass is 35.5. The molecule has 7 nitrogen and oxygen atoms in total. The van der Waals surface area contributed by atoms with Crippen LogP contribution in [0.3, 0.4) is 0 Å². The zero-order valence-corrected chi connectivity index (χ0v) is 16.0. The molecular weight excluding hydrogens is 397 g/mol. The summed E-state index contributed by atoms with van der Waals surface area (Å²) in [5.74, 6) is -0.987. The number of nitrogens with zero attached hydrogens (tertiary/aromatic N) is 4. The van der Waals surface area contributed by atoms with Gasteiger partial charge in [0, 0.05) is 18.3 Å². The maximum atomic E-state index is 13.3. The van der Waals surface area contributed by atoms with E-state index in [1.807, 2.05) is 0 Å². The zero-order valence-electron chi connectivity index (χ0n) is 15.3. The molecule has 9 heteroatoms. The molecule has 2 aromatic carbocycles. The van der Waals surface area contributed by atoms with Crippen molar-refractivity contribution in [1.29, 1.82) is 0 Å². The average Bonchev–Trinajstić information content (AvgIpc) is 3.11. The van der Waals surface area contributed by atoms with Crippen molar-refractivity contribution in [2.45, 2.75) is 6.54 Å². The highest BCUT2D eigenvalue weighted by Crippen LogP contribution is 2.16. The summed E-state index contributed by atoms with van der Waals surface area (Å²) in [6.07, 6.45) is 3.03. The van der Waals surface area contributed by atoms with Crippen LogP contribution in [-0.2, 0) is 13.6 Å². The van der Waals surface area contributed by atoms with Crippen molar-refractivity contribution in [1.82, 2.24) is 19.6 Å². The molecule has 0 bridgehead atoms. The summed E-state index contributed by atoms with van der Waals surface area (Å²) in [7, 11) is 1.64. The third kappa shape index (κ3) is 3.88. The minimum Gasteiger partial charge on any atom is -0.318 e. The van der Waals surface area contributed by atoms with Gasteiger partial charge in [-0.2, -0.15) is 10.2 Å². The first-order valence-electron chi connectivity index (χ1n) is 8.65. The van der Waals surface area contributed by atoms with E-state index in [0.29, 0.717) is 28.2 Å². The summed E-state index contributed by atoms with van der Waals surface area (Å²) < 4.78 is 16.3. The third-order valence-corrected chi connectivity index (χ3v) is 4.59. The molecule has 0 aliphatic rings. The van der Waals surface area contributed by atoms with Gasteiger partial charge in [0.15, 0.2) is 5.69 Å². The standard InChI is InChI=1S/C20H15ClFN5O2/c1-26-17-6-5-13(21)8-16(17)19(28)18(25-26)20(29)24-15-9-23-27(11-15)10-12-3-2-4-14(22)7-12/h2-9,11H,10H2,1H3,(H,24,29). The Balaban J connectivity index is 1.58. The summed E-state index contributed by atoms with van der Waals surface area (Å²) in [6, 6.07) is 11.0. The second kappa shape index (κ2) is 7.48. The molecule has 0 radical (unpaired) electrons. The Morgan fingerprint density at radius 1 is 1.24 bits per heavy atom. The number of hydrogen-bond donors (Lipinski definition) is 1. The molecule has 146 valence electrons. The number of amides is 1. The monoisotopic (exact) mass is 411 g/mol. The number of halogens is 2. The summed E-state index contributed by atoms with van der Waals surface area (Å²) in [4.78, 5) is 25.3. The molecule has 2 aromatic heterocycles. The lowest BCUT2D eigenvalue weighted by Gasteiger charge is -2.08. The van der Waals surface area contributed by atoms with Gasteiger partial charge in [-0.25, -0.2) is 4.39 Å². The number of aryl methyl sites for hydroxylation is 1. The molecule has 0 saturated carbocycles. The minimum absolute atomic E-state index is 0.250. The SMILES string of the molecule is Cn1nc(C(=O)Nc2cnn(Cc3cccc(F)c3)c2)c(=O)c2cc(Cl)ccc21. The highest BCUT2D eigenvalue weighted by Gasteiger charge is 2.17. The second-order valence-electron chi connectivity index (χ2n) is 6.47. The number of nitrogens with one attached hydrogen (secondary N) is 1. The topological polar surface area (TPSA) is 81.8 Å². The first-order valence-corrected chi connectivity index (χ1v) is 9.03. The first-order chi connectivity index (χ1) is 13.9. The Morgan fingerprint density at radius 3 is 2.86 bits per heavy atom. The van der Waals surface area contributed by atoms with Gasteiger partial charge in [0.1, 0.15) is 5.82 Å². The quantitative estimate of drug-likeness (QED) is 0.559. The Kier molecular flexibility index (Phi) is 4.85. The van der Waals surface area contributed by atoms with Gasteiger partial charge in [-0.05, 0) is 35.9 Å². The molecule has 0 atom stereocenters. The normalized spacial score (nSPS) is 11.0. The van der Waals surface area contributed by atoms with Crippen molar-refractivity contribution in [2.75, 3.05) is 5.32 Å². The van der Waals surface area contributed by atoms with Gasteiger partial charge in [-0.15, -0.1) is 0 Å². The van der Waals surface area contributed by atoms with E-state index in [-0.39, 0.29) is 11.5 Å². The fourth-order valence-electron chi connectivity index (χ4n) is 3.02. The van der Waals surface area contributed by atoms with Gasteiger partial charge >= 0.3 is 0 Å². The van der Waals surface area contributed by atoms with Crippen LogP contribution in [0.4, 0.5) is 10.1 Å². The summed E-state index contributed by atoms with van der Waals surface area (Å²) in [5.41, 5.74) is 0.929. The summed E-state index contributed by atoms with van der Waals surface area (Å²) in [5, 5.41) is 11.6. The van der Waals surface area contributed by atoms with Gasteiger partial charge in [0.2, 0.25) is 5.43 Å². The van der Waals surface area contributed by atoms with Crippen molar-refractivity contribution in [3.8, 4) is 0 Å². The molecule has 1 amide bonds. The number of fused-ring (bicyclic) bond motifs is 1. The van der Waals surface area contributed by atoms with Crippen LogP contribution in [-0.4, -0.2) is 25.5 Å². The van der Waals surface area contributed by atoms with Crippen LogP contribution in [0.5, 0.6) is 0 Å². The highest BCUT2D eigenvalue weighted by molar-refractivity contribution is 6.31. The van der Waals surface area contributed by atoms with Crippen LogP contribution in [0.2, 0.25) is 5.02 Å². The van der Waals surface area contributed by atoms with E-state index in [2.05, 4.69) is 15.5 Å². The van der Waals surface area contributed by atoms with Crippen LogP contribution in [0, 0.1) is 5.82 Å². The zero-order chi connectivity index (χ0) is 20.5. The predicted octanol–water partition coefficient (Wildman–Crippen LogP) is 3.22. The second-order valence-corrected chi connectivity index (χ2v) is 6.91. The van der Waals surface area contributed by atoms with E-state index in [1.54, 1.807) is 42.2 Å². The van der Waals surface area contributed by atoms with E-state index >= 15 is 0 Å². The Bertz CT molecular complexity index is 1300. The number of anilines is 1. The van der Waals surface area contributed by atoms with Crippen LogP contribution in [0.15, 0.2) is 59.7 Å². The maximum Gasteiger partial charge on any atom is 0.280 e. The summed E-state index contributed by atoms with van der Waals surface area (Å²) >= 11 is 5.98. The Labute approximate surface area is 169 Å². The number of aromatic nitrogens is 4. The summed E-state index contributed by atoms with van der Waals surface area (Å²) in [6.45, 7) is 0.335. The van der Waals surface area contributed by atoms with Crippen LogP contribution in [0.1, 0.15) is 16.1 Å². The van der Waals surface area contributed by atoms with Gasteiger partial charge in [-0.3, -0.25) is 19.0 Å². The molecule has 4 aromatic rings. The molecule has 2 heterocycles. The van der Waals surface area contributed by atoms with Crippen LogP contribution in [0.25, 0.3) is 10.9 Å². The molecule has 0 saturated heterocycles. The number of carbonyl (C=O) groups excluding carboxylic acids is 1. The van der Waals surface area contributed by atoms with Crippen LogP contribution >= 0.6 is 11.6 Å². The lowest BCUT2D eigenvalue weighted by Crippen LogP contribution is -2.26. The smallest absolute Gasteiger partial charge is 0.280 e. The molecule has 4 rings (SSSR count). The fraction of sp³-hybridized carbons (Fsp3) is 0.100. The Hall–Kier alpha value is -3.52. The molecule has 0 fully saturated rings. The number of benzene rings is 2. The molecule has 1 N–H and O–H groups in total. The molecule has 0 spiro atoms. The molecule has 0 unspecified atom stereocenters. The lowest BCUT2D eigenvalue weighted by atomic mass is 10.2. The fourth-order valence-corrected chi connectivity index (χ4v) is 3.20. The van der Waals surface area contributed by atoms with Gasteiger partial charge in [0.25, 0.3) is 5.91 Å². The van der Waals surface area contributed by atoms with Gasteiger partial charge in [0.05, 0.1) is 29.3 Å². The number of carbonyl (C=O) groups is 1. The largest absolute Gasteiger partial charge is 0.318 e. The Morgan fingerprint density at radius 2 is 2.07 bits per heavy atom. The van der Waals surface area contributed by atoms with Crippen molar-refractivity contribution in [3.63, 3.8) is 0 Å². The van der Waals surface area contributed by atoms with Crippen molar-refractivity contribution in [2.24, 2.45) is 7.05 Å². The minimum atomic E-state index is -0.655. The maximum absolute atomic E-state index is 13.3. The van der Waals surface area contributed by atoms with Crippen LogP contribution < -0.4 is 10.7 Å². The molecule has 0 aliphatic carbocycles. The third-order valence-electron chi connectivity index (χ3n) is 4.36. The van der Waals surface area contributed by atoms with E-state index in [0.717, 1.165) is 5.56 Å². The molecule has 0 aliphatic heterocycles. The average molecular weight is 412 g/mol.